The zero-order valence-corrected chi connectivity index (χ0v) is 12.2. The number of nitrogens with zero attached hydrogens (tertiary/aromatic N) is 1. The highest BCUT2D eigenvalue weighted by Gasteiger charge is 2.27. The van der Waals surface area contributed by atoms with Crippen LogP contribution in [0.4, 0.5) is 10.1 Å². The molecule has 2 nitrogen and oxygen atoms in total. The second kappa shape index (κ2) is 5.86. The average molecular weight is 285 g/mol. The Labute approximate surface area is 124 Å². The summed E-state index contributed by atoms with van der Waals surface area (Å²) in [5.41, 5.74) is 2.53. The molecule has 0 saturated carbocycles. The Balaban J connectivity index is 1.87. The van der Waals surface area contributed by atoms with Crippen molar-refractivity contribution in [2.45, 2.75) is 25.4 Å². The van der Waals surface area contributed by atoms with Gasteiger partial charge in [0.25, 0.3) is 0 Å². The van der Waals surface area contributed by atoms with Crippen LogP contribution >= 0.6 is 0 Å². The van der Waals surface area contributed by atoms with Gasteiger partial charge in [-0.15, -0.1) is 0 Å². The Morgan fingerprint density at radius 2 is 1.90 bits per heavy atom. The van der Waals surface area contributed by atoms with E-state index in [1.807, 2.05) is 18.2 Å². The maximum Gasteiger partial charge on any atom is 0.146 e. The van der Waals surface area contributed by atoms with Crippen LogP contribution in [0.2, 0.25) is 0 Å². The molecule has 1 N–H and O–H groups in total. The SMILES string of the molecule is CC(O)c1cccc(F)c1N1CCC(c2ccccc2)C1. The van der Waals surface area contributed by atoms with Crippen molar-refractivity contribution < 1.29 is 9.50 Å². The van der Waals surface area contributed by atoms with Gasteiger partial charge in [-0.25, -0.2) is 4.39 Å². The van der Waals surface area contributed by atoms with Gasteiger partial charge in [0, 0.05) is 24.6 Å². The van der Waals surface area contributed by atoms with Crippen molar-refractivity contribution in [3.05, 3.63) is 65.5 Å². The molecule has 0 bridgehead atoms. The smallest absolute Gasteiger partial charge is 0.146 e. The molecule has 3 rings (SSSR count). The van der Waals surface area contributed by atoms with E-state index in [-0.39, 0.29) is 5.82 Å². The summed E-state index contributed by atoms with van der Waals surface area (Å²) in [7, 11) is 0. The fourth-order valence-electron chi connectivity index (χ4n) is 3.16. The lowest BCUT2D eigenvalue weighted by molar-refractivity contribution is 0.199. The molecule has 1 aliphatic rings. The normalized spacial score (nSPS) is 19.8. The van der Waals surface area contributed by atoms with E-state index < -0.39 is 6.10 Å². The molecule has 1 saturated heterocycles. The fourth-order valence-corrected chi connectivity index (χ4v) is 3.16. The van der Waals surface area contributed by atoms with Gasteiger partial charge in [-0.3, -0.25) is 0 Å². The maximum atomic E-state index is 14.2. The average Bonchev–Trinajstić information content (AvgIpc) is 2.97. The quantitative estimate of drug-likeness (QED) is 0.925. The highest BCUT2D eigenvalue weighted by atomic mass is 19.1. The zero-order valence-electron chi connectivity index (χ0n) is 12.2. The van der Waals surface area contributed by atoms with Crippen molar-refractivity contribution in [2.24, 2.45) is 0 Å². The highest BCUT2D eigenvalue weighted by molar-refractivity contribution is 5.57. The first kappa shape index (κ1) is 14.1. The van der Waals surface area contributed by atoms with Gasteiger partial charge < -0.3 is 10.0 Å². The Hall–Kier alpha value is -1.87. The van der Waals surface area contributed by atoms with E-state index in [2.05, 4.69) is 17.0 Å². The summed E-state index contributed by atoms with van der Waals surface area (Å²) in [5, 5.41) is 9.88. The van der Waals surface area contributed by atoms with Crippen molar-refractivity contribution in [1.29, 1.82) is 0 Å². The Bertz CT molecular complexity index is 612. The molecule has 0 radical (unpaired) electrons. The molecule has 0 spiro atoms. The number of halogens is 1. The van der Waals surface area contributed by atoms with Crippen molar-refractivity contribution in [2.75, 3.05) is 18.0 Å². The molecule has 1 aliphatic heterocycles. The Morgan fingerprint density at radius 1 is 1.14 bits per heavy atom. The molecule has 2 atom stereocenters. The molecule has 21 heavy (non-hydrogen) atoms. The number of aliphatic hydroxyl groups excluding tert-OH is 1. The van der Waals surface area contributed by atoms with Crippen LogP contribution < -0.4 is 4.90 Å². The Morgan fingerprint density at radius 3 is 2.62 bits per heavy atom. The Kier molecular flexibility index (Phi) is 3.93. The van der Waals surface area contributed by atoms with E-state index in [1.165, 1.54) is 11.6 Å². The summed E-state index contributed by atoms with van der Waals surface area (Å²) < 4.78 is 14.2. The van der Waals surface area contributed by atoms with E-state index in [0.717, 1.165) is 19.5 Å². The lowest BCUT2D eigenvalue weighted by Crippen LogP contribution is -2.22. The monoisotopic (exact) mass is 285 g/mol. The van der Waals surface area contributed by atoms with Crippen LogP contribution in [-0.4, -0.2) is 18.2 Å². The highest BCUT2D eigenvalue weighted by Crippen LogP contribution is 2.36. The maximum absolute atomic E-state index is 14.2. The third-order valence-corrected chi connectivity index (χ3v) is 4.24. The van der Waals surface area contributed by atoms with E-state index in [1.54, 1.807) is 19.1 Å². The first-order chi connectivity index (χ1) is 10.2. The van der Waals surface area contributed by atoms with E-state index >= 15 is 0 Å². The number of hydrogen-bond acceptors (Lipinski definition) is 2. The number of rotatable bonds is 3. The molecule has 0 aromatic heterocycles. The van der Waals surface area contributed by atoms with Crippen LogP contribution in [0.5, 0.6) is 0 Å². The molecule has 2 aromatic carbocycles. The van der Waals surface area contributed by atoms with Crippen molar-refractivity contribution >= 4 is 5.69 Å². The molecule has 2 aromatic rings. The molecule has 3 heteroatoms. The van der Waals surface area contributed by atoms with E-state index in [0.29, 0.717) is 17.2 Å². The summed E-state index contributed by atoms with van der Waals surface area (Å²) in [4.78, 5) is 2.06. The molecule has 0 aliphatic carbocycles. The summed E-state index contributed by atoms with van der Waals surface area (Å²) in [6, 6.07) is 15.3. The predicted octanol–water partition coefficient (Wildman–Crippen LogP) is 3.87. The molecular formula is C18H20FNO. The zero-order chi connectivity index (χ0) is 14.8. The van der Waals surface area contributed by atoms with Crippen LogP contribution in [0.15, 0.2) is 48.5 Å². The van der Waals surface area contributed by atoms with Crippen LogP contribution in [0, 0.1) is 5.82 Å². The van der Waals surface area contributed by atoms with E-state index in [9.17, 15) is 9.50 Å². The standard InChI is InChI=1S/C18H20FNO/c1-13(21)16-8-5-9-17(19)18(16)20-11-10-15(12-20)14-6-3-2-4-7-14/h2-9,13,15,21H,10-12H2,1H3. The van der Waals surface area contributed by atoms with Gasteiger partial charge in [0.2, 0.25) is 0 Å². The fraction of sp³-hybridized carbons (Fsp3) is 0.333. The van der Waals surface area contributed by atoms with Crippen LogP contribution in [0.1, 0.15) is 36.5 Å². The lowest BCUT2D eigenvalue weighted by Gasteiger charge is -2.24. The number of aliphatic hydroxyl groups is 1. The lowest BCUT2D eigenvalue weighted by atomic mass is 9.99. The van der Waals surface area contributed by atoms with Gasteiger partial charge in [-0.2, -0.15) is 0 Å². The van der Waals surface area contributed by atoms with Crippen molar-refractivity contribution in [3.63, 3.8) is 0 Å². The summed E-state index contributed by atoms with van der Waals surface area (Å²) in [6.45, 7) is 3.30. The van der Waals surface area contributed by atoms with Crippen molar-refractivity contribution in [3.8, 4) is 0 Å². The first-order valence-corrected chi connectivity index (χ1v) is 7.43. The largest absolute Gasteiger partial charge is 0.389 e. The van der Waals surface area contributed by atoms with Crippen LogP contribution in [0.3, 0.4) is 0 Å². The van der Waals surface area contributed by atoms with Gasteiger partial charge >= 0.3 is 0 Å². The van der Waals surface area contributed by atoms with E-state index in [4.69, 9.17) is 0 Å². The van der Waals surface area contributed by atoms with Gasteiger partial charge in [0.15, 0.2) is 0 Å². The third kappa shape index (κ3) is 2.79. The first-order valence-electron chi connectivity index (χ1n) is 7.43. The van der Waals surface area contributed by atoms with Crippen molar-refractivity contribution in [1.82, 2.24) is 0 Å². The summed E-state index contributed by atoms with van der Waals surface area (Å²) in [5.74, 6) is 0.176. The van der Waals surface area contributed by atoms with Gasteiger partial charge in [-0.1, -0.05) is 42.5 Å². The van der Waals surface area contributed by atoms with Crippen LogP contribution in [0.25, 0.3) is 0 Å². The van der Waals surface area contributed by atoms with Crippen LogP contribution in [-0.2, 0) is 0 Å². The molecule has 0 amide bonds. The topological polar surface area (TPSA) is 23.5 Å². The minimum atomic E-state index is -0.661. The number of anilines is 1. The number of benzene rings is 2. The minimum absolute atomic E-state index is 0.248. The molecule has 2 unspecified atom stereocenters. The summed E-state index contributed by atoms with van der Waals surface area (Å²) >= 11 is 0. The van der Waals surface area contributed by atoms with Gasteiger partial charge in [0.05, 0.1) is 11.8 Å². The minimum Gasteiger partial charge on any atom is -0.389 e. The molecule has 1 fully saturated rings. The second-order valence-electron chi connectivity index (χ2n) is 5.70. The third-order valence-electron chi connectivity index (χ3n) is 4.24. The predicted molar refractivity (Wildman–Crippen MR) is 83.0 cm³/mol. The molecule has 1 heterocycles. The second-order valence-corrected chi connectivity index (χ2v) is 5.70. The molecular weight excluding hydrogens is 265 g/mol. The van der Waals surface area contributed by atoms with Gasteiger partial charge in [-0.05, 0) is 25.0 Å². The summed E-state index contributed by atoms with van der Waals surface area (Å²) in [6.07, 6.45) is 0.351. The molecule has 110 valence electrons. The number of hydrogen-bond donors (Lipinski definition) is 1. The van der Waals surface area contributed by atoms with Gasteiger partial charge in [0.1, 0.15) is 5.82 Å². The number of para-hydroxylation sites is 1.